The number of amides is 1. The van der Waals surface area contributed by atoms with Crippen molar-refractivity contribution in [2.24, 2.45) is 0 Å². The van der Waals surface area contributed by atoms with Gasteiger partial charge in [-0.15, -0.1) is 0 Å². The molecule has 7 heteroatoms. The molecule has 0 radical (unpaired) electrons. The van der Waals surface area contributed by atoms with Crippen LogP contribution in [0.1, 0.15) is 16.8 Å². The molecule has 0 atom stereocenters. The molecule has 4 aromatic rings. The minimum absolute atomic E-state index is 0.0750. The van der Waals surface area contributed by atoms with Crippen molar-refractivity contribution in [1.82, 2.24) is 19.7 Å². The predicted octanol–water partition coefficient (Wildman–Crippen LogP) is 3.77. The molecule has 0 saturated heterocycles. The van der Waals surface area contributed by atoms with Gasteiger partial charge in [-0.25, -0.2) is 4.68 Å². The second kappa shape index (κ2) is 8.16. The highest BCUT2D eigenvalue weighted by atomic mass is 35.5. The van der Waals surface area contributed by atoms with E-state index in [1.165, 1.54) is 4.57 Å². The van der Waals surface area contributed by atoms with Gasteiger partial charge in [-0.2, -0.15) is 5.10 Å². The van der Waals surface area contributed by atoms with Crippen LogP contribution in [0.4, 0.5) is 0 Å². The van der Waals surface area contributed by atoms with Crippen LogP contribution in [0, 0.1) is 13.8 Å². The van der Waals surface area contributed by atoms with Crippen LogP contribution >= 0.6 is 11.6 Å². The highest BCUT2D eigenvalue weighted by molar-refractivity contribution is 6.31. The Morgan fingerprint density at radius 1 is 1.07 bits per heavy atom. The zero-order valence-electron chi connectivity index (χ0n) is 16.7. The zero-order chi connectivity index (χ0) is 21.3. The normalized spacial score (nSPS) is 11.0. The first kappa shape index (κ1) is 19.9. The van der Waals surface area contributed by atoms with Crippen molar-refractivity contribution in [3.8, 4) is 5.69 Å². The molecule has 6 nitrogen and oxygen atoms in total. The average Bonchev–Trinajstić information content (AvgIpc) is 3.07. The Hall–Kier alpha value is -3.38. The van der Waals surface area contributed by atoms with Crippen molar-refractivity contribution in [2.45, 2.75) is 26.9 Å². The summed E-state index contributed by atoms with van der Waals surface area (Å²) in [4.78, 5) is 25.4. The van der Waals surface area contributed by atoms with Crippen molar-refractivity contribution in [2.75, 3.05) is 0 Å². The van der Waals surface area contributed by atoms with Gasteiger partial charge in [0, 0.05) is 17.8 Å². The Morgan fingerprint density at radius 2 is 1.80 bits per heavy atom. The summed E-state index contributed by atoms with van der Waals surface area (Å²) in [6.07, 6.45) is 1.63. The molecule has 0 spiro atoms. The number of halogens is 1. The minimum Gasteiger partial charge on any atom is -0.350 e. The lowest BCUT2D eigenvalue weighted by molar-refractivity contribution is -0.121. The molecular formula is C23H21ClN4O2. The van der Waals surface area contributed by atoms with Crippen molar-refractivity contribution in [1.29, 1.82) is 0 Å². The molecule has 0 saturated carbocycles. The number of pyridine rings is 1. The van der Waals surface area contributed by atoms with Gasteiger partial charge < -0.3 is 9.88 Å². The number of rotatable bonds is 5. The summed E-state index contributed by atoms with van der Waals surface area (Å²) in [7, 11) is 0. The third-order valence-corrected chi connectivity index (χ3v) is 5.38. The van der Waals surface area contributed by atoms with Crippen LogP contribution in [0.25, 0.3) is 16.6 Å². The summed E-state index contributed by atoms with van der Waals surface area (Å²) in [5.74, 6) is -0.264. The van der Waals surface area contributed by atoms with Crippen molar-refractivity contribution >= 4 is 28.4 Å². The van der Waals surface area contributed by atoms with Crippen molar-refractivity contribution < 1.29 is 4.79 Å². The SMILES string of the molecule is Cc1ccc(-n2nc(C)c3c(=O)n(CC(=O)NCc4ccccc4Cl)ccc32)cc1. The van der Waals surface area contributed by atoms with E-state index in [0.29, 0.717) is 28.2 Å². The Kier molecular flexibility index (Phi) is 5.42. The molecule has 2 aromatic carbocycles. The molecule has 4 rings (SSSR count). The molecule has 1 N–H and O–H groups in total. The predicted molar refractivity (Wildman–Crippen MR) is 118 cm³/mol. The number of benzene rings is 2. The van der Waals surface area contributed by atoms with E-state index in [1.54, 1.807) is 23.9 Å². The van der Waals surface area contributed by atoms with E-state index < -0.39 is 0 Å². The first-order valence-electron chi connectivity index (χ1n) is 9.60. The van der Waals surface area contributed by atoms with Gasteiger partial charge >= 0.3 is 0 Å². The molecule has 0 bridgehead atoms. The number of nitrogens with one attached hydrogen (secondary N) is 1. The molecule has 0 aliphatic carbocycles. The van der Waals surface area contributed by atoms with Crippen molar-refractivity contribution in [3.05, 3.63) is 93.0 Å². The first-order chi connectivity index (χ1) is 14.4. The number of carbonyl (C=O) groups is 1. The summed E-state index contributed by atoms with van der Waals surface area (Å²) in [6.45, 7) is 4.05. The summed E-state index contributed by atoms with van der Waals surface area (Å²) in [5, 5.41) is 8.46. The van der Waals surface area contributed by atoms with Crippen LogP contribution < -0.4 is 10.9 Å². The van der Waals surface area contributed by atoms with Crippen LogP contribution in [0.2, 0.25) is 5.02 Å². The lowest BCUT2D eigenvalue weighted by atomic mass is 10.2. The Labute approximate surface area is 178 Å². The topological polar surface area (TPSA) is 68.9 Å². The third-order valence-electron chi connectivity index (χ3n) is 5.01. The Bertz CT molecular complexity index is 1290. The van der Waals surface area contributed by atoms with Gasteiger partial charge in [-0.05, 0) is 43.7 Å². The van der Waals surface area contributed by atoms with Gasteiger partial charge in [0.25, 0.3) is 5.56 Å². The molecule has 2 heterocycles. The maximum absolute atomic E-state index is 13.0. The number of aromatic nitrogens is 3. The van der Waals surface area contributed by atoms with Gasteiger partial charge in [0.2, 0.25) is 5.91 Å². The van der Waals surface area contributed by atoms with E-state index in [4.69, 9.17) is 11.6 Å². The number of hydrogen-bond donors (Lipinski definition) is 1. The summed E-state index contributed by atoms with van der Waals surface area (Å²) < 4.78 is 3.16. The largest absolute Gasteiger partial charge is 0.350 e. The number of hydrogen-bond acceptors (Lipinski definition) is 3. The summed E-state index contributed by atoms with van der Waals surface area (Å²) in [6, 6.07) is 17.1. The molecule has 30 heavy (non-hydrogen) atoms. The number of nitrogens with zero attached hydrogens (tertiary/aromatic N) is 3. The fraction of sp³-hybridized carbons (Fsp3) is 0.174. The number of carbonyl (C=O) groups excluding carboxylic acids is 1. The maximum Gasteiger partial charge on any atom is 0.262 e. The summed E-state index contributed by atoms with van der Waals surface area (Å²) in [5.41, 5.74) is 3.96. The monoisotopic (exact) mass is 420 g/mol. The van der Waals surface area contributed by atoms with E-state index in [2.05, 4.69) is 10.4 Å². The van der Waals surface area contributed by atoms with E-state index >= 15 is 0 Å². The number of fused-ring (bicyclic) bond motifs is 1. The lowest BCUT2D eigenvalue weighted by Gasteiger charge is -2.09. The van der Waals surface area contributed by atoms with Crippen LogP contribution in [-0.2, 0) is 17.9 Å². The van der Waals surface area contributed by atoms with Crippen LogP contribution in [0.3, 0.4) is 0 Å². The molecule has 2 aromatic heterocycles. The minimum atomic E-state index is -0.264. The second-order valence-corrected chi connectivity index (χ2v) is 7.62. The second-order valence-electron chi connectivity index (χ2n) is 7.21. The zero-order valence-corrected chi connectivity index (χ0v) is 17.5. The standard InChI is InChI=1S/C23H21ClN4O2/c1-15-7-9-18(10-8-15)28-20-11-12-27(23(30)22(20)16(2)26-28)14-21(29)25-13-17-5-3-4-6-19(17)24/h3-12H,13-14H2,1-2H3,(H,25,29). The fourth-order valence-electron chi connectivity index (χ4n) is 3.39. The molecule has 152 valence electrons. The van der Waals surface area contributed by atoms with E-state index in [-0.39, 0.29) is 18.0 Å². The average molecular weight is 421 g/mol. The summed E-state index contributed by atoms with van der Waals surface area (Å²) >= 11 is 6.12. The Morgan fingerprint density at radius 3 is 2.53 bits per heavy atom. The maximum atomic E-state index is 13.0. The van der Waals surface area contributed by atoms with Gasteiger partial charge in [-0.1, -0.05) is 47.5 Å². The van der Waals surface area contributed by atoms with Crippen LogP contribution in [0.15, 0.2) is 65.6 Å². The van der Waals surface area contributed by atoms with Crippen molar-refractivity contribution in [3.63, 3.8) is 0 Å². The van der Waals surface area contributed by atoms with Gasteiger partial charge in [0.15, 0.2) is 0 Å². The molecule has 1 amide bonds. The highest BCUT2D eigenvalue weighted by Crippen LogP contribution is 2.19. The molecule has 0 unspecified atom stereocenters. The molecule has 0 fully saturated rings. The van der Waals surface area contributed by atoms with E-state index in [0.717, 1.165) is 16.8 Å². The Balaban J connectivity index is 1.58. The third kappa shape index (κ3) is 3.86. The van der Waals surface area contributed by atoms with E-state index in [9.17, 15) is 9.59 Å². The molecule has 0 aliphatic rings. The number of aryl methyl sites for hydroxylation is 2. The molecule has 0 aliphatic heterocycles. The molecular weight excluding hydrogens is 400 g/mol. The fourth-order valence-corrected chi connectivity index (χ4v) is 3.59. The quantitative estimate of drug-likeness (QED) is 0.534. The van der Waals surface area contributed by atoms with Gasteiger partial charge in [0.05, 0.1) is 22.3 Å². The highest BCUT2D eigenvalue weighted by Gasteiger charge is 2.15. The van der Waals surface area contributed by atoms with Gasteiger partial charge in [0.1, 0.15) is 6.54 Å². The van der Waals surface area contributed by atoms with E-state index in [1.807, 2.05) is 55.5 Å². The smallest absolute Gasteiger partial charge is 0.262 e. The first-order valence-corrected chi connectivity index (χ1v) is 9.98. The lowest BCUT2D eigenvalue weighted by Crippen LogP contribution is -2.31. The van der Waals surface area contributed by atoms with Gasteiger partial charge in [-0.3, -0.25) is 9.59 Å². The van der Waals surface area contributed by atoms with Crippen LogP contribution in [-0.4, -0.2) is 20.3 Å². The van der Waals surface area contributed by atoms with Crippen LogP contribution in [0.5, 0.6) is 0 Å².